The zero-order valence-corrected chi connectivity index (χ0v) is 17.0. The quantitative estimate of drug-likeness (QED) is 0.571. The average molecular weight is 398 g/mol. The first kappa shape index (κ1) is 20.6. The molecule has 0 atom stereocenters. The van der Waals surface area contributed by atoms with Crippen molar-refractivity contribution in [1.29, 1.82) is 0 Å². The lowest BCUT2D eigenvalue weighted by atomic mass is 10.1. The Hall–Kier alpha value is -3.16. The number of amides is 1. The SMILES string of the molecule is CC(C)(C)OC(=O)N1CCCN(c2cncc(-c3cccc([N+](=O)[O-])c3)c2)CC1. The predicted molar refractivity (Wildman–Crippen MR) is 111 cm³/mol. The van der Waals surface area contributed by atoms with Crippen LogP contribution < -0.4 is 4.90 Å². The number of nitrogens with zero attached hydrogens (tertiary/aromatic N) is 4. The molecule has 1 aromatic heterocycles. The number of aromatic nitrogens is 1. The van der Waals surface area contributed by atoms with Crippen LogP contribution in [-0.2, 0) is 4.74 Å². The van der Waals surface area contributed by atoms with Crippen molar-refractivity contribution < 1.29 is 14.5 Å². The van der Waals surface area contributed by atoms with E-state index in [0.29, 0.717) is 19.6 Å². The number of nitro benzene ring substituents is 1. The maximum atomic E-state index is 12.4. The van der Waals surface area contributed by atoms with E-state index < -0.39 is 10.5 Å². The standard InChI is InChI=1S/C21H26N4O4/c1-21(2,3)29-20(26)24-9-5-8-23(10-11-24)19-13-17(14-22-15-19)16-6-4-7-18(12-16)25(27)28/h4,6-7,12-15H,5,8-11H2,1-3H3. The summed E-state index contributed by atoms with van der Waals surface area (Å²) in [6, 6.07) is 8.51. The Bertz CT molecular complexity index is 894. The lowest BCUT2D eigenvalue weighted by Crippen LogP contribution is -2.39. The zero-order valence-electron chi connectivity index (χ0n) is 17.0. The van der Waals surface area contributed by atoms with E-state index in [9.17, 15) is 14.9 Å². The van der Waals surface area contributed by atoms with Gasteiger partial charge in [-0.1, -0.05) is 12.1 Å². The highest BCUT2D eigenvalue weighted by Gasteiger charge is 2.24. The maximum Gasteiger partial charge on any atom is 0.410 e. The van der Waals surface area contributed by atoms with Crippen molar-refractivity contribution in [1.82, 2.24) is 9.88 Å². The molecule has 1 aliphatic rings. The maximum absolute atomic E-state index is 12.4. The first-order valence-corrected chi connectivity index (χ1v) is 9.66. The van der Waals surface area contributed by atoms with Crippen molar-refractivity contribution in [3.63, 3.8) is 0 Å². The van der Waals surface area contributed by atoms with Gasteiger partial charge in [-0.25, -0.2) is 4.79 Å². The summed E-state index contributed by atoms with van der Waals surface area (Å²) in [6.07, 6.45) is 4.01. The molecule has 0 bridgehead atoms. The Morgan fingerprint density at radius 3 is 2.62 bits per heavy atom. The lowest BCUT2D eigenvalue weighted by molar-refractivity contribution is -0.384. The number of pyridine rings is 1. The second-order valence-electron chi connectivity index (χ2n) is 8.05. The Morgan fingerprint density at radius 1 is 1.10 bits per heavy atom. The van der Waals surface area contributed by atoms with Gasteiger partial charge in [0.1, 0.15) is 5.60 Å². The number of benzene rings is 1. The highest BCUT2D eigenvalue weighted by Crippen LogP contribution is 2.27. The van der Waals surface area contributed by atoms with E-state index in [1.165, 1.54) is 6.07 Å². The van der Waals surface area contributed by atoms with E-state index in [1.54, 1.807) is 29.4 Å². The van der Waals surface area contributed by atoms with Crippen molar-refractivity contribution in [2.24, 2.45) is 0 Å². The smallest absolute Gasteiger partial charge is 0.410 e. The Labute approximate surface area is 170 Å². The third-order valence-corrected chi connectivity index (χ3v) is 4.63. The molecule has 0 radical (unpaired) electrons. The van der Waals surface area contributed by atoms with E-state index in [2.05, 4.69) is 9.88 Å². The normalized spacial score (nSPS) is 15.0. The van der Waals surface area contributed by atoms with Gasteiger partial charge in [0.25, 0.3) is 5.69 Å². The first-order chi connectivity index (χ1) is 13.7. The molecule has 8 heteroatoms. The number of hydrogen-bond donors (Lipinski definition) is 0. The minimum atomic E-state index is -0.514. The summed E-state index contributed by atoms with van der Waals surface area (Å²) >= 11 is 0. The monoisotopic (exact) mass is 398 g/mol. The van der Waals surface area contributed by atoms with Crippen LogP contribution in [0.1, 0.15) is 27.2 Å². The van der Waals surface area contributed by atoms with Crippen molar-refractivity contribution in [3.8, 4) is 11.1 Å². The highest BCUT2D eigenvalue weighted by molar-refractivity contribution is 5.70. The summed E-state index contributed by atoms with van der Waals surface area (Å²) in [5.74, 6) is 0. The van der Waals surface area contributed by atoms with Crippen molar-refractivity contribution in [3.05, 3.63) is 52.8 Å². The molecule has 0 spiro atoms. The molecule has 2 aromatic rings. The van der Waals surface area contributed by atoms with Crippen LogP contribution in [0.5, 0.6) is 0 Å². The van der Waals surface area contributed by atoms with Gasteiger partial charge in [-0.3, -0.25) is 15.1 Å². The topological polar surface area (TPSA) is 88.8 Å². The molecule has 1 aromatic carbocycles. The molecule has 2 heterocycles. The van der Waals surface area contributed by atoms with Gasteiger partial charge in [0.05, 0.1) is 16.8 Å². The number of ether oxygens (including phenoxy) is 1. The van der Waals surface area contributed by atoms with E-state index in [4.69, 9.17) is 4.74 Å². The third kappa shape index (κ3) is 5.43. The van der Waals surface area contributed by atoms with Gasteiger partial charge in [0.2, 0.25) is 0 Å². The fourth-order valence-corrected chi connectivity index (χ4v) is 3.24. The van der Waals surface area contributed by atoms with Crippen molar-refractivity contribution >= 4 is 17.5 Å². The molecule has 0 aliphatic carbocycles. The first-order valence-electron chi connectivity index (χ1n) is 9.66. The molecular formula is C21H26N4O4. The van der Waals surface area contributed by atoms with Gasteiger partial charge in [0.15, 0.2) is 0 Å². The summed E-state index contributed by atoms with van der Waals surface area (Å²) in [5, 5.41) is 11.0. The number of anilines is 1. The van der Waals surface area contributed by atoms with Crippen molar-refractivity contribution in [2.75, 3.05) is 31.1 Å². The molecule has 1 aliphatic heterocycles. The summed E-state index contributed by atoms with van der Waals surface area (Å²) in [5.41, 5.74) is 2.04. The van der Waals surface area contributed by atoms with Gasteiger partial charge in [-0.2, -0.15) is 0 Å². The number of nitro groups is 1. The molecule has 3 rings (SSSR count). The van der Waals surface area contributed by atoms with Crippen LogP contribution >= 0.6 is 0 Å². The van der Waals surface area contributed by atoms with Crippen LogP contribution in [0.4, 0.5) is 16.2 Å². The second kappa shape index (κ2) is 8.46. The van der Waals surface area contributed by atoms with Crippen LogP contribution in [0.3, 0.4) is 0 Å². The van der Waals surface area contributed by atoms with Crippen LogP contribution in [-0.4, -0.2) is 52.7 Å². The van der Waals surface area contributed by atoms with Crippen LogP contribution in [0.25, 0.3) is 11.1 Å². The van der Waals surface area contributed by atoms with E-state index in [0.717, 1.165) is 29.8 Å². The lowest BCUT2D eigenvalue weighted by Gasteiger charge is -2.27. The average Bonchev–Trinajstić information content (AvgIpc) is 2.93. The summed E-state index contributed by atoms with van der Waals surface area (Å²) in [4.78, 5) is 31.2. The molecule has 1 amide bonds. The molecular weight excluding hydrogens is 372 g/mol. The molecule has 29 heavy (non-hydrogen) atoms. The summed E-state index contributed by atoms with van der Waals surface area (Å²) in [6.45, 7) is 8.25. The summed E-state index contributed by atoms with van der Waals surface area (Å²) in [7, 11) is 0. The van der Waals surface area contributed by atoms with Gasteiger partial charge >= 0.3 is 6.09 Å². The van der Waals surface area contributed by atoms with E-state index in [-0.39, 0.29) is 11.8 Å². The van der Waals surface area contributed by atoms with E-state index >= 15 is 0 Å². The largest absolute Gasteiger partial charge is 0.444 e. The van der Waals surface area contributed by atoms with Gasteiger partial charge < -0.3 is 14.5 Å². The zero-order chi connectivity index (χ0) is 21.0. The second-order valence-corrected chi connectivity index (χ2v) is 8.05. The molecule has 0 unspecified atom stereocenters. The minimum Gasteiger partial charge on any atom is -0.444 e. The number of carbonyl (C=O) groups excluding carboxylic acids is 1. The molecule has 8 nitrogen and oxygen atoms in total. The fourth-order valence-electron chi connectivity index (χ4n) is 3.24. The number of rotatable bonds is 3. The summed E-state index contributed by atoms with van der Waals surface area (Å²) < 4.78 is 5.48. The minimum absolute atomic E-state index is 0.0516. The van der Waals surface area contributed by atoms with Crippen molar-refractivity contribution in [2.45, 2.75) is 32.8 Å². The molecule has 1 saturated heterocycles. The Morgan fingerprint density at radius 2 is 1.90 bits per heavy atom. The van der Waals surface area contributed by atoms with Gasteiger partial charge in [-0.05, 0) is 38.8 Å². The number of non-ortho nitro benzene ring substituents is 1. The molecule has 0 N–H and O–H groups in total. The Balaban J connectivity index is 1.73. The van der Waals surface area contributed by atoms with Gasteiger partial charge in [0, 0.05) is 50.1 Å². The number of hydrogen-bond acceptors (Lipinski definition) is 6. The molecule has 0 saturated carbocycles. The van der Waals surface area contributed by atoms with E-state index in [1.807, 2.05) is 32.9 Å². The van der Waals surface area contributed by atoms with Crippen LogP contribution in [0, 0.1) is 10.1 Å². The number of carbonyl (C=O) groups is 1. The Kier molecular flexibility index (Phi) is 6.00. The highest BCUT2D eigenvalue weighted by atomic mass is 16.6. The van der Waals surface area contributed by atoms with Crippen LogP contribution in [0.15, 0.2) is 42.7 Å². The van der Waals surface area contributed by atoms with Crippen LogP contribution in [0.2, 0.25) is 0 Å². The van der Waals surface area contributed by atoms with Gasteiger partial charge in [-0.15, -0.1) is 0 Å². The predicted octanol–water partition coefficient (Wildman–Crippen LogP) is 4.10. The molecule has 1 fully saturated rings. The molecule has 154 valence electrons. The fraction of sp³-hybridized carbons (Fsp3) is 0.429. The third-order valence-electron chi connectivity index (χ3n) is 4.63.